The van der Waals surface area contributed by atoms with Crippen molar-refractivity contribution in [2.45, 2.75) is 6.54 Å². The maximum Gasteiger partial charge on any atom is 0.290 e. The first-order chi connectivity index (χ1) is 13.6. The smallest absolute Gasteiger partial charge is 0.290 e. The van der Waals surface area contributed by atoms with Crippen LogP contribution in [-0.4, -0.2) is 28.0 Å². The van der Waals surface area contributed by atoms with Crippen molar-refractivity contribution in [1.82, 2.24) is 15.1 Å². The van der Waals surface area contributed by atoms with E-state index >= 15 is 0 Å². The lowest BCUT2D eigenvalue weighted by atomic mass is 10.1. The number of nitrogens with zero attached hydrogens (tertiary/aromatic N) is 2. The molecule has 1 aromatic heterocycles. The van der Waals surface area contributed by atoms with Gasteiger partial charge in [0.05, 0.1) is 24.3 Å². The number of benzene rings is 2. The van der Waals surface area contributed by atoms with Crippen LogP contribution in [0.15, 0.2) is 65.7 Å². The minimum atomic E-state index is -0.387. The number of nitrogens with one attached hydrogen (secondary N) is 1. The van der Waals surface area contributed by atoms with Crippen LogP contribution in [0, 0.1) is 0 Å². The molecule has 0 radical (unpaired) electrons. The summed E-state index contributed by atoms with van der Waals surface area (Å²) >= 11 is 0.893. The number of carbonyl (C=O) groups is 2. The van der Waals surface area contributed by atoms with Gasteiger partial charge in [-0.3, -0.25) is 19.6 Å². The van der Waals surface area contributed by atoms with Gasteiger partial charge in [0.2, 0.25) is 0 Å². The third-order valence-corrected chi connectivity index (χ3v) is 5.06. The normalized spacial score (nSPS) is 15.1. The van der Waals surface area contributed by atoms with E-state index in [1.807, 2.05) is 65.5 Å². The number of hydrogen-bond donors (Lipinski definition) is 1. The fourth-order valence-electron chi connectivity index (χ4n) is 2.95. The van der Waals surface area contributed by atoms with Gasteiger partial charge < -0.3 is 4.74 Å². The van der Waals surface area contributed by atoms with Gasteiger partial charge in [0.25, 0.3) is 11.1 Å². The van der Waals surface area contributed by atoms with Crippen molar-refractivity contribution in [3.05, 3.63) is 76.8 Å². The molecular formula is C21H17N3O3S. The highest BCUT2D eigenvalue weighted by molar-refractivity contribution is 8.18. The molecule has 4 rings (SSSR count). The predicted octanol–water partition coefficient (Wildman–Crippen LogP) is 3.93. The van der Waals surface area contributed by atoms with Gasteiger partial charge >= 0.3 is 0 Å². The third-order valence-electron chi connectivity index (χ3n) is 4.25. The largest absolute Gasteiger partial charge is 0.497 e. The van der Waals surface area contributed by atoms with Crippen molar-refractivity contribution >= 4 is 29.0 Å². The molecule has 1 N–H and O–H groups in total. The molecule has 1 aliphatic heterocycles. The average Bonchev–Trinajstić information content (AvgIpc) is 3.25. The second-order valence-corrected chi connectivity index (χ2v) is 7.22. The predicted molar refractivity (Wildman–Crippen MR) is 109 cm³/mol. The topological polar surface area (TPSA) is 73.2 Å². The van der Waals surface area contributed by atoms with Gasteiger partial charge in [0, 0.05) is 17.3 Å². The Bertz CT molecular complexity index is 1070. The number of hydrogen-bond acceptors (Lipinski definition) is 5. The molecule has 0 bridgehead atoms. The Kier molecular flexibility index (Phi) is 4.99. The second-order valence-electron chi connectivity index (χ2n) is 6.20. The molecule has 0 saturated carbocycles. The quantitative estimate of drug-likeness (QED) is 0.667. The molecule has 3 aromatic rings. The molecule has 1 saturated heterocycles. The molecule has 0 aliphatic carbocycles. The van der Waals surface area contributed by atoms with Crippen molar-refractivity contribution in [2.75, 3.05) is 7.11 Å². The SMILES string of the molecule is COc1cccc(-c2nn(Cc3ccccc3)cc2/C=C2\SC(=O)NC2=O)c1. The molecule has 2 aromatic carbocycles. The molecule has 1 fully saturated rings. The van der Waals surface area contributed by atoms with Crippen LogP contribution in [-0.2, 0) is 11.3 Å². The van der Waals surface area contributed by atoms with E-state index in [0.717, 1.165) is 39.9 Å². The summed E-state index contributed by atoms with van der Waals surface area (Å²) in [5.41, 5.74) is 3.46. The van der Waals surface area contributed by atoms with Crippen LogP contribution < -0.4 is 10.1 Å². The van der Waals surface area contributed by atoms with E-state index in [0.29, 0.717) is 11.4 Å². The number of methoxy groups -OCH3 is 1. The Morgan fingerprint density at radius 1 is 1.14 bits per heavy atom. The minimum Gasteiger partial charge on any atom is -0.497 e. The fraction of sp³-hybridized carbons (Fsp3) is 0.0952. The summed E-state index contributed by atoms with van der Waals surface area (Å²) in [5.74, 6) is 0.333. The Balaban J connectivity index is 1.77. The fourth-order valence-corrected chi connectivity index (χ4v) is 3.62. The van der Waals surface area contributed by atoms with E-state index in [9.17, 15) is 9.59 Å². The summed E-state index contributed by atoms with van der Waals surface area (Å²) in [4.78, 5) is 23.8. The van der Waals surface area contributed by atoms with E-state index in [1.165, 1.54) is 0 Å². The number of aromatic nitrogens is 2. The van der Waals surface area contributed by atoms with Crippen LogP contribution in [0.3, 0.4) is 0 Å². The lowest BCUT2D eigenvalue weighted by molar-refractivity contribution is -0.115. The van der Waals surface area contributed by atoms with Crippen LogP contribution in [0.2, 0.25) is 0 Å². The maximum absolute atomic E-state index is 12.0. The van der Waals surface area contributed by atoms with E-state index in [2.05, 4.69) is 5.32 Å². The Labute approximate surface area is 166 Å². The van der Waals surface area contributed by atoms with Gasteiger partial charge in [-0.25, -0.2) is 0 Å². The van der Waals surface area contributed by atoms with Gasteiger partial charge in [-0.2, -0.15) is 5.10 Å². The molecule has 0 atom stereocenters. The summed E-state index contributed by atoms with van der Waals surface area (Å²) in [7, 11) is 1.61. The zero-order valence-corrected chi connectivity index (χ0v) is 15.9. The lowest BCUT2D eigenvalue weighted by Gasteiger charge is -2.04. The highest BCUT2D eigenvalue weighted by atomic mass is 32.2. The van der Waals surface area contributed by atoms with Crippen LogP contribution in [0.4, 0.5) is 4.79 Å². The molecule has 6 nitrogen and oxygen atoms in total. The number of imide groups is 1. The highest BCUT2D eigenvalue weighted by Crippen LogP contribution is 2.31. The summed E-state index contributed by atoms with van der Waals surface area (Å²) in [5, 5.41) is 6.64. The zero-order chi connectivity index (χ0) is 19.5. The lowest BCUT2D eigenvalue weighted by Crippen LogP contribution is -2.17. The van der Waals surface area contributed by atoms with E-state index in [4.69, 9.17) is 9.84 Å². The highest BCUT2D eigenvalue weighted by Gasteiger charge is 2.26. The van der Waals surface area contributed by atoms with Gasteiger partial charge in [-0.1, -0.05) is 42.5 Å². The van der Waals surface area contributed by atoms with Crippen molar-refractivity contribution in [1.29, 1.82) is 0 Å². The molecular weight excluding hydrogens is 374 g/mol. The molecule has 1 aliphatic rings. The van der Waals surface area contributed by atoms with Gasteiger partial charge in [-0.05, 0) is 35.5 Å². The molecule has 2 amide bonds. The first-order valence-electron chi connectivity index (χ1n) is 8.63. The third kappa shape index (κ3) is 3.84. The molecule has 7 heteroatoms. The van der Waals surface area contributed by atoms with Crippen LogP contribution in [0.1, 0.15) is 11.1 Å². The minimum absolute atomic E-state index is 0.355. The summed E-state index contributed by atoms with van der Waals surface area (Å²) in [6.07, 6.45) is 3.58. The second kappa shape index (κ2) is 7.74. The first-order valence-corrected chi connectivity index (χ1v) is 9.45. The molecule has 140 valence electrons. The summed E-state index contributed by atoms with van der Waals surface area (Å²) < 4.78 is 7.15. The Morgan fingerprint density at radius 3 is 2.68 bits per heavy atom. The summed E-state index contributed by atoms with van der Waals surface area (Å²) in [6.45, 7) is 0.596. The zero-order valence-electron chi connectivity index (χ0n) is 15.1. The van der Waals surface area contributed by atoms with E-state index in [-0.39, 0.29) is 11.1 Å². The van der Waals surface area contributed by atoms with Gasteiger partial charge in [0.15, 0.2) is 0 Å². The van der Waals surface area contributed by atoms with Crippen molar-refractivity contribution in [3.8, 4) is 17.0 Å². The van der Waals surface area contributed by atoms with Crippen molar-refractivity contribution in [3.63, 3.8) is 0 Å². The van der Waals surface area contributed by atoms with Crippen LogP contribution in [0.5, 0.6) is 5.75 Å². The average molecular weight is 391 g/mol. The van der Waals surface area contributed by atoms with Crippen LogP contribution >= 0.6 is 11.8 Å². The van der Waals surface area contributed by atoms with Gasteiger partial charge in [0.1, 0.15) is 5.75 Å². The number of carbonyl (C=O) groups excluding carboxylic acids is 2. The number of thioether (sulfide) groups is 1. The number of amides is 2. The maximum atomic E-state index is 12.0. The van der Waals surface area contributed by atoms with E-state index in [1.54, 1.807) is 13.2 Å². The molecule has 0 spiro atoms. The van der Waals surface area contributed by atoms with Crippen molar-refractivity contribution < 1.29 is 14.3 Å². The Morgan fingerprint density at radius 2 is 1.96 bits per heavy atom. The molecule has 0 unspecified atom stereocenters. The molecule has 2 heterocycles. The standard InChI is InChI=1S/C21H17N3O3S/c1-27-17-9-5-8-15(10-17)19-16(11-18-20(25)22-21(26)28-18)13-24(23-19)12-14-6-3-2-4-7-14/h2-11,13H,12H2,1H3,(H,22,25,26)/b18-11-. The van der Waals surface area contributed by atoms with Crippen molar-refractivity contribution in [2.24, 2.45) is 0 Å². The monoisotopic (exact) mass is 391 g/mol. The number of ether oxygens (including phenoxy) is 1. The summed E-state index contributed by atoms with van der Waals surface area (Å²) in [6, 6.07) is 17.6. The van der Waals surface area contributed by atoms with Crippen LogP contribution in [0.25, 0.3) is 17.3 Å². The van der Waals surface area contributed by atoms with Gasteiger partial charge in [-0.15, -0.1) is 0 Å². The number of rotatable bonds is 5. The van der Waals surface area contributed by atoms with E-state index < -0.39 is 0 Å². The first kappa shape index (κ1) is 18.1. The Hall–Kier alpha value is -3.32. The molecule has 28 heavy (non-hydrogen) atoms.